The van der Waals surface area contributed by atoms with Crippen LogP contribution >= 0.6 is 0 Å². The molecule has 9 aromatic carbocycles. The first-order chi connectivity index (χ1) is 29.0. The van der Waals surface area contributed by atoms with E-state index in [9.17, 15) is 0 Å². The number of rotatable bonds is 6. The highest BCUT2D eigenvalue weighted by molar-refractivity contribution is 6.06. The molecule has 2 nitrogen and oxygen atoms in total. The summed E-state index contributed by atoms with van der Waals surface area (Å²) in [5, 5.41) is 4.92. The van der Waals surface area contributed by atoms with Crippen molar-refractivity contribution in [3.8, 4) is 78.4 Å². The van der Waals surface area contributed by atoms with Crippen LogP contribution < -0.4 is 0 Å². The summed E-state index contributed by atoms with van der Waals surface area (Å²) >= 11 is 0. The standard InChI is InChI=1S/C57H40N2/c1-57(2)52-29-26-42(34-50(52)51-33-40-22-12-13-23-41(40)35-53(51)57)46-27-28-49(48-25-15-14-24-47(46)48)55-36-54(58-56(59-55)39-20-10-5-11-21-39)45-31-43(37-16-6-3-7-17-37)30-44(32-45)38-18-8-4-9-19-38/h3-36H,1-2H3. The molecule has 0 saturated heterocycles. The van der Waals surface area contributed by atoms with Gasteiger partial charge in [0.1, 0.15) is 0 Å². The van der Waals surface area contributed by atoms with E-state index in [4.69, 9.17) is 9.97 Å². The molecule has 0 saturated carbocycles. The van der Waals surface area contributed by atoms with E-state index in [1.807, 2.05) is 6.07 Å². The molecule has 0 amide bonds. The lowest BCUT2D eigenvalue weighted by Crippen LogP contribution is -2.14. The number of fused-ring (bicyclic) bond motifs is 5. The predicted octanol–water partition coefficient (Wildman–Crippen LogP) is 15.1. The zero-order chi connectivity index (χ0) is 39.5. The lowest BCUT2D eigenvalue weighted by Gasteiger charge is -2.22. The van der Waals surface area contributed by atoms with E-state index in [-0.39, 0.29) is 5.41 Å². The van der Waals surface area contributed by atoms with Crippen LogP contribution in [0.4, 0.5) is 0 Å². The Kier molecular flexibility index (Phi) is 8.20. The smallest absolute Gasteiger partial charge is 0.160 e. The molecule has 0 N–H and O–H groups in total. The maximum Gasteiger partial charge on any atom is 0.160 e. The quantitative estimate of drug-likeness (QED) is 0.169. The molecular weight excluding hydrogens is 713 g/mol. The molecule has 11 rings (SSSR count). The fraction of sp³-hybridized carbons (Fsp3) is 0.0526. The van der Waals surface area contributed by atoms with Crippen molar-refractivity contribution in [2.75, 3.05) is 0 Å². The Morgan fingerprint density at radius 3 is 1.47 bits per heavy atom. The molecule has 278 valence electrons. The number of nitrogens with zero attached hydrogens (tertiary/aromatic N) is 2. The Morgan fingerprint density at radius 1 is 0.305 bits per heavy atom. The molecule has 0 bridgehead atoms. The maximum atomic E-state index is 5.32. The van der Waals surface area contributed by atoms with E-state index >= 15 is 0 Å². The summed E-state index contributed by atoms with van der Waals surface area (Å²) < 4.78 is 0. The Morgan fingerprint density at radius 2 is 0.814 bits per heavy atom. The van der Waals surface area contributed by atoms with Crippen LogP contribution in [-0.2, 0) is 5.41 Å². The predicted molar refractivity (Wildman–Crippen MR) is 247 cm³/mol. The van der Waals surface area contributed by atoms with Crippen molar-refractivity contribution in [2.24, 2.45) is 0 Å². The zero-order valence-electron chi connectivity index (χ0n) is 33.0. The van der Waals surface area contributed by atoms with Crippen LogP contribution in [-0.4, -0.2) is 9.97 Å². The van der Waals surface area contributed by atoms with Crippen LogP contribution in [0.1, 0.15) is 25.0 Å². The minimum atomic E-state index is -0.0805. The van der Waals surface area contributed by atoms with E-state index < -0.39 is 0 Å². The van der Waals surface area contributed by atoms with Crippen LogP contribution in [0.2, 0.25) is 0 Å². The Hall–Kier alpha value is -7.42. The second kappa shape index (κ2) is 13.9. The van der Waals surface area contributed by atoms with Gasteiger partial charge < -0.3 is 0 Å². The highest BCUT2D eigenvalue weighted by Gasteiger charge is 2.36. The maximum absolute atomic E-state index is 5.32. The summed E-state index contributed by atoms with van der Waals surface area (Å²) in [6.07, 6.45) is 0. The molecule has 1 heterocycles. The van der Waals surface area contributed by atoms with Crippen LogP contribution in [0.15, 0.2) is 206 Å². The van der Waals surface area contributed by atoms with Crippen LogP contribution in [0, 0.1) is 0 Å². The topological polar surface area (TPSA) is 25.8 Å². The third-order valence-electron chi connectivity index (χ3n) is 12.3. The highest BCUT2D eigenvalue weighted by atomic mass is 14.9. The molecular formula is C57H40N2. The van der Waals surface area contributed by atoms with E-state index in [1.54, 1.807) is 0 Å². The van der Waals surface area contributed by atoms with Crippen molar-refractivity contribution >= 4 is 21.5 Å². The van der Waals surface area contributed by atoms with Crippen molar-refractivity contribution in [3.63, 3.8) is 0 Å². The monoisotopic (exact) mass is 752 g/mol. The van der Waals surface area contributed by atoms with Gasteiger partial charge in [0.25, 0.3) is 0 Å². The molecule has 1 aliphatic carbocycles. The van der Waals surface area contributed by atoms with Crippen molar-refractivity contribution in [3.05, 3.63) is 217 Å². The first-order valence-electron chi connectivity index (χ1n) is 20.4. The van der Waals surface area contributed by atoms with Crippen molar-refractivity contribution in [1.29, 1.82) is 0 Å². The fourth-order valence-electron chi connectivity index (χ4n) is 9.20. The zero-order valence-corrected chi connectivity index (χ0v) is 33.0. The minimum absolute atomic E-state index is 0.0805. The van der Waals surface area contributed by atoms with Gasteiger partial charge in [-0.05, 0) is 120 Å². The van der Waals surface area contributed by atoms with E-state index in [1.165, 1.54) is 49.5 Å². The van der Waals surface area contributed by atoms with Gasteiger partial charge in [0, 0.05) is 22.1 Å². The van der Waals surface area contributed by atoms with E-state index in [0.29, 0.717) is 5.82 Å². The summed E-state index contributed by atoms with van der Waals surface area (Å²) in [6, 6.07) is 74.4. The van der Waals surface area contributed by atoms with Gasteiger partial charge in [-0.15, -0.1) is 0 Å². The number of hydrogen-bond acceptors (Lipinski definition) is 2. The summed E-state index contributed by atoms with van der Waals surface area (Å²) in [5.41, 5.74) is 17.2. The Bertz CT molecular complexity index is 3160. The van der Waals surface area contributed by atoms with Gasteiger partial charge in [-0.25, -0.2) is 9.97 Å². The van der Waals surface area contributed by atoms with Gasteiger partial charge in [0.2, 0.25) is 0 Å². The lowest BCUT2D eigenvalue weighted by molar-refractivity contribution is 0.661. The van der Waals surface area contributed by atoms with Gasteiger partial charge in [-0.1, -0.05) is 178 Å². The van der Waals surface area contributed by atoms with Gasteiger partial charge in [0.05, 0.1) is 11.4 Å². The Balaban J connectivity index is 1.08. The number of aromatic nitrogens is 2. The second-order valence-electron chi connectivity index (χ2n) is 16.2. The second-order valence-corrected chi connectivity index (χ2v) is 16.2. The third-order valence-corrected chi connectivity index (χ3v) is 12.3. The van der Waals surface area contributed by atoms with Gasteiger partial charge in [-0.2, -0.15) is 0 Å². The largest absolute Gasteiger partial charge is 0.228 e. The lowest BCUT2D eigenvalue weighted by atomic mass is 9.81. The average Bonchev–Trinajstić information content (AvgIpc) is 3.52. The summed E-state index contributed by atoms with van der Waals surface area (Å²) in [4.78, 5) is 10.6. The van der Waals surface area contributed by atoms with Gasteiger partial charge >= 0.3 is 0 Å². The molecule has 0 radical (unpaired) electrons. The minimum Gasteiger partial charge on any atom is -0.228 e. The van der Waals surface area contributed by atoms with Crippen LogP contribution in [0.5, 0.6) is 0 Å². The van der Waals surface area contributed by atoms with Crippen LogP contribution in [0.25, 0.3) is 100.0 Å². The fourth-order valence-corrected chi connectivity index (χ4v) is 9.20. The first-order valence-corrected chi connectivity index (χ1v) is 20.4. The number of hydrogen-bond donors (Lipinski definition) is 0. The van der Waals surface area contributed by atoms with Crippen molar-refractivity contribution in [1.82, 2.24) is 9.97 Å². The molecule has 1 aromatic heterocycles. The average molecular weight is 753 g/mol. The molecule has 0 atom stereocenters. The van der Waals surface area contributed by atoms with Gasteiger partial charge in [-0.3, -0.25) is 0 Å². The first kappa shape index (κ1) is 34.8. The van der Waals surface area contributed by atoms with Gasteiger partial charge in [0.15, 0.2) is 5.82 Å². The molecule has 2 heteroatoms. The van der Waals surface area contributed by atoms with Crippen molar-refractivity contribution < 1.29 is 0 Å². The summed E-state index contributed by atoms with van der Waals surface area (Å²) in [7, 11) is 0. The molecule has 0 unspecified atom stereocenters. The summed E-state index contributed by atoms with van der Waals surface area (Å²) in [5.74, 6) is 0.699. The SMILES string of the molecule is CC1(C)c2ccc(-c3ccc(-c4cc(-c5cc(-c6ccccc6)cc(-c6ccccc6)c5)nc(-c5ccccc5)n4)c4ccccc34)cc2-c2cc3ccccc3cc21. The van der Waals surface area contributed by atoms with Crippen molar-refractivity contribution in [2.45, 2.75) is 19.3 Å². The molecule has 59 heavy (non-hydrogen) atoms. The Labute approximate surface area is 345 Å². The molecule has 0 aliphatic heterocycles. The normalized spacial score (nSPS) is 12.7. The molecule has 10 aromatic rings. The van der Waals surface area contributed by atoms with Crippen LogP contribution in [0.3, 0.4) is 0 Å². The molecule has 0 fully saturated rings. The van der Waals surface area contributed by atoms with E-state index in [0.717, 1.165) is 55.7 Å². The molecule has 0 spiro atoms. The summed E-state index contributed by atoms with van der Waals surface area (Å²) in [6.45, 7) is 4.72. The highest BCUT2D eigenvalue weighted by Crippen LogP contribution is 2.51. The number of benzene rings is 9. The molecule has 1 aliphatic rings. The van der Waals surface area contributed by atoms with E-state index in [2.05, 4.69) is 214 Å². The third kappa shape index (κ3) is 6.04.